The molecule has 0 N–H and O–H groups in total. The van der Waals surface area contributed by atoms with Crippen LogP contribution in [-0.4, -0.2) is 0 Å². The third-order valence-electron chi connectivity index (χ3n) is 8.19. The molecule has 2 aliphatic carbocycles. The first-order chi connectivity index (χ1) is 15.5. The van der Waals surface area contributed by atoms with Crippen LogP contribution in [0, 0.1) is 29.4 Å². The zero-order chi connectivity index (χ0) is 22.5. The second-order valence-electron chi connectivity index (χ2n) is 10.3. The van der Waals surface area contributed by atoms with Gasteiger partial charge in [0.15, 0.2) is 0 Å². The van der Waals surface area contributed by atoms with E-state index in [9.17, 15) is 8.78 Å². The highest BCUT2D eigenvalue weighted by atomic mass is 35.5. The maximum atomic E-state index is 14.8. The van der Waals surface area contributed by atoms with Gasteiger partial charge in [0, 0.05) is 5.56 Å². The molecule has 0 spiro atoms. The Bertz CT molecular complexity index is 877. The quantitative estimate of drug-likeness (QED) is 0.387. The highest BCUT2D eigenvalue weighted by molar-refractivity contribution is 6.30. The fourth-order valence-electron chi connectivity index (χ4n) is 6.16. The molecule has 0 radical (unpaired) electrons. The van der Waals surface area contributed by atoms with Gasteiger partial charge in [-0.3, -0.25) is 0 Å². The van der Waals surface area contributed by atoms with E-state index in [0.717, 1.165) is 36.2 Å². The molecule has 0 heterocycles. The number of rotatable bonds is 7. The van der Waals surface area contributed by atoms with Crippen molar-refractivity contribution in [2.45, 2.75) is 89.9 Å². The van der Waals surface area contributed by atoms with Crippen LogP contribution in [0.15, 0.2) is 36.4 Å². The minimum Gasteiger partial charge on any atom is -0.206 e. The Morgan fingerprint density at radius 3 is 1.88 bits per heavy atom. The van der Waals surface area contributed by atoms with Crippen LogP contribution < -0.4 is 0 Å². The van der Waals surface area contributed by atoms with Crippen LogP contribution in [0.25, 0.3) is 11.1 Å². The molecule has 4 rings (SSSR count). The molecule has 174 valence electrons. The summed E-state index contributed by atoms with van der Waals surface area (Å²) in [6.07, 6.45) is 16.2. The fraction of sp³-hybridized carbons (Fsp3) is 0.586. The van der Waals surface area contributed by atoms with E-state index in [1.165, 1.54) is 76.3 Å². The molecule has 2 saturated carbocycles. The molecule has 2 aromatic carbocycles. The second kappa shape index (κ2) is 11.1. The first-order valence-electron chi connectivity index (χ1n) is 12.8. The summed E-state index contributed by atoms with van der Waals surface area (Å²) in [6.45, 7) is 2.31. The largest absolute Gasteiger partial charge is 0.206 e. The van der Waals surface area contributed by atoms with E-state index < -0.39 is 5.82 Å². The predicted molar refractivity (Wildman–Crippen MR) is 131 cm³/mol. The lowest BCUT2D eigenvalue weighted by atomic mass is 9.74. The first-order valence-corrected chi connectivity index (χ1v) is 13.2. The van der Waals surface area contributed by atoms with E-state index in [0.29, 0.717) is 17.0 Å². The van der Waals surface area contributed by atoms with Gasteiger partial charge < -0.3 is 0 Å². The van der Waals surface area contributed by atoms with E-state index >= 15 is 0 Å². The zero-order valence-electron chi connectivity index (χ0n) is 19.4. The Morgan fingerprint density at radius 1 is 0.719 bits per heavy atom. The van der Waals surface area contributed by atoms with Crippen LogP contribution >= 0.6 is 11.6 Å². The summed E-state index contributed by atoms with van der Waals surface area (Å²) in [5, 5.41) is 0.0618. The van der Waals surface area contributed by atoms with Crippen molar-refractivity contribution in [3.05, 3.63) is 58.6 Å². The fourth-order valence-corrected chi connectivity index (χ4v) is 6.27. The Hall–Kier alpha value is -1.41. The monoisotopic (exact) mass is 458 g/mol. The van der Waals surface area contributed by atoms with Crippen molar-refractivity contribution in [1.29, 1.82) is 0 Å². The highest BCUT2D eigenvalue weighted by Crippen LogP contribution is 2.41. The van der Waals surface area contributed by atoms with E-state index in [-0.39, 0.29) is 10.8 Å². The van der Waals surface area contributed by atoms with E-state index in [1.807, 2.05) is 6.07 Å². The van der Waals surface area contributed by atoms with Gasteiger partial charge in [0.05, 0.1) is 5.02 Å². The van der Waals surface area contributed by atoms with Gasteiger partial charge in [0.1, 0.15) is 11.6 Å². The Balaban J connectivity index is 1.26. The molecule has 0 saturated heterocycles. The van der Waals surface area contributed by atoms with Crippen LogP contribution in [0.5, 0.6) is 0 Å². The summed E-state index contributed by atoms with van der Waals surface area (Å²) in [5.41, 5.74) is 2.06. The van der Waals surface area contributed by atoms with Gasteiger partial charge in [-0.25, -0.2) is 8.78 Å². The molecular formula is C29H37ClF2. The summed E-state index contributed by atoms with van der Waals surface area (Å²) in [5.74, 6) is 2.46. The normalized spacial score (nSPS) is 26.2. The van der Waals surface area contributed by atoms with Gasteiger partial charge in [0.2, 0.25) is 0 Å². The minimum atomic E-state index is -0.514. The van der Waals surface area contributed by atoms with Crippen LogP contribution in [-0.2, 0) is 0 Å². The third kappa shape index (κ3) is 5.93. The topological polar surface area (TPSA) is 0 Å². The van der Waals surface area contributed by atoms with E-state index in [2.05, 4.69) is 6.92 Å². The van der Waals surface area contributed by atoms with Gasteiger partial charge in [0.25, 0.3) is 0 Å². The molecular weight excluding hydrogens is 422 g/mol. The zero-order valence-corrected chi connectivity index (χ0v) is 20.1. The van der Waals surface area contributed by atoms with Crippen molar-refractivity contribution in [2.75, 3.05) is 0 Å². The lowest BCUT2D eigenvalue weighted by molar-refractivity contribution is 0.224. The Labute approximate surface area is 197 Å². The Kier molecular flexibility index (Phi) is 8.27. The molecule has 32 heavy (non-hydrogen) atoms. The second-order valence-corrected chi connectivity index (χ2v) is 10.7. The summed E-state index contributed by atoms with van der Waals surface area (Å²) in [6, 6.07) is 9.96. The molecule has 0 nitrogen and oxygen atoms in total. The molecule has 0 bridgehead atoms. The molecule has 0 amide bonds. The summed E-state index contributed by atoms with van der Waals surface area (Å²) in [7, 11) is 0. The molecule has 2 aromatic rings. The molecule has 2 aliphatic rings. The van der Waals surface area contributed by atoms with Crippen molar-refractivity contribution < 1.29 is 8.78 Å². The van der Waals surface area contributed by atoms with Gasteiger partial charge in [-0.15, -0.1) is 0 Å². The average molecular weight is 459 g/mol. The molecule has 3 heteroatoms. The maximum Gasteiger partial charge on any atom is 0.142 e. The maximum absolute atomic E-state index is 14.8. The smallest absolute Gasteiger partial charge is 0.142 e. The molecule has 0 unspecified atom stereocenters. The van der Waals surface area contributed by atoms with Crippen molar-refractivity contribution in [3.8, 4) is 11.1 Å². The van der Waals surface area contributed by atoms with Gasteiger partial charge in [-0.05, 0) is 78.7 Å². The lowest BCUT2D eigenvalue weighted by Crippen LogP contribution is -2.17. The number of hydrogen-bond acceptors (Lipinski definition) is 0. The van der Waals surface area contributed by atoms with Gasteiger partial charge >= 0.3 is 0 Å². The molecule has 2 fully saturated rings. The molecule has 0 atom stereocenters. The van der Waals surface area contributed by atoms with E-state index in [1.54, 1.807) is 18.2 Å². The highest BCUT2D eigenvalue weighted by Gasteiger charge is 2.25. The van der Waals surface area contributed by atoms with Crippen LogP contribution in [0.3, 0.4) is 0 Å². The van der Waals surface area contributed by atoms with Crippen molar-refractivity contribution in [2.24, 2.45) is 17.8 Å². The van der Waals surface area contributed by atoms with Crippen molar-refractivity contribution in [3.63, 3.8) is 0 Å². The average Bonchev–Trinajstić information content (AvgIpc) is 2.81. The minimum absolute atomic E-state index is 0.0618. The van der Waals surface area contributed by atoms with Crippen LogP contribution in [0.2, 0.25) is 5.02 Å². The number of benzene rings is 2. The SMILES string of the molecule is CCC[C@H]1CC[C@H](CCC2CCC(c3ccc(-c4ccc(Cl)c(F)c4)c(F)c3)CC2)CC1. The van der Waals surface area contributed by atoms with Crippen molar-refractivity contribution in [1.82, 2.24) is 0 Å². The van der Waals surface area contributed by atoms with E-state index in [4.69, 9.17) is 11.6 Å². The van der Waals surface area contributed by atoms with Crippen LogP contribution in [0.4, 0.5) is 8.78 Å². The summed E-state index contributed by atoms with van der Waals surface area (Å²) < 4.78 is 28.6. The van der Waals surface area contributed by atoms with Crippen molar-refractivity contribution >= 4 is 11.6 Å². The summed E-state index contributed by atoms with van der Waals surface area (Å²) in [4.78, 5) is 0. The lowest BCUT2D eigenvalue weighted by Gasteiger charge is -2.32. The predicted octanol–water partition coefficient (Wildman–Crippen LogP) is 9.95. The number of hydrogen-bond donors (Lipinski definition) is 0. The summed E-state index contributed by atoms with van der Waals surface area (Å²) >= 11 is 5.76. The first kappa shape index (κ1) is 23.7. The third-order valence-corrected chi connectivity index (χ3v) is 8.49. The molecule has 0 aromatic heterocycles. The Morgan fingerprint density at radius 2 is 1.31 bits per heavy atom. The van der Waals surface area contributed by atoms with Gasteiger partial charge in [-0.1, -0.05) is 88.1 Å². The number of halogens is 3. The van der Waals surface area contributed by atoms with Crippen LogP contribution in [0.1, 0.15) is 95.5 Å². The standard InChI is InChI=1S/C29H37ClF2/c1-2-3-20-4-6-21(7-5-20)8-9-22-10-12-23(13-11-22)24-14-16-26(28(31)18-24)25-15-17-27(30)29(32)19-25/h14-23H,2-13H2,1H3/t20-,21-,22?,23?. The van der Waals surface area contributed by atoms with Gasteiger partial charge in [-0.2, -0.15) is 0 Å². The molecule has 0 aliphatic heterocycles.